The summed E-state index contributed by atoms with van der Waals surface area (Å²) in [6.07, 6.45) is 1.34. The van der Waals surface area contributed by atoms with Crippen molar-refractivity contribution in [1.82, 2.24) is 9.97 Å². The lowest BCUT2D eigenvalue weighted by Gasteiger charge is -2.02. The number of nitrogens with zero attached hydrogens (tertiary/aromatic N) is 3. The van der Waals surface area contributed by atoms with Gasteiger partial charge in [-0.2, -0.15) is 0 Å². The molecule has 0 aliphatic rings. The molecule has 100 valence electrons. The van der Waals surface area contributed by atoms with Crippen molar-refractivity contribution >= 4 is 16.9 Å². The Balaban J connectivity index is 1.81. The minimum absolute atomic E-state index is 0.00120. The molecule has 0 unspecified atom stereocenters. The smallest absolute Gasteiger partial charge is 0.406 e. The van der Waals surface area contributed by atoms with Gasteiger partial charge in [0.05, 0.1) is 0 Å². The SMILES string of the molecule is O=[N+]([O-])c1ncccc1OCc1nc2ccccc2o1. The maximum atomic E-state index is 10.8. The summed E-state index contributed by atoms with van der Waals surface area (Å²) < 4.78 is 10.8. The third-order valence-electron chi connectivity index (χ3n) is 2.61. The molecule has 0 amide bonds. The topological polar surface area (TPSA) is 91.3 Å². The van der Waals surface area contributed by atoms with E-state index in [0.29, 0.717) is 17.0 Å². The molecular formula is C13H9N3O4. The quantitative estimate of drug-likeness (QED) is 0.535. The molecular weight excluding hydrogens is 262 g/mol. The molecule has 2 heterocycles. The van der Waals surface area contributed by atoms with Crippen molar-refractivity contribution in [3.63, 3.8) is 0 Å². The highest BCUT2D eigenvalue weighted by Crippen LogP contribution is 2.24. The van der Waals surface area contributed by atoms with Crippen LogP contribution in [0.5, 0.6) is 5.75 Å². The molecule has 7 nitrogen and oxygen atoms in total. The number of hydrogen-bond donors (Lipinski definition) is 0. The molecule has 0 saturated carbocycles. The maximum Gasteiger partial charge on any atom is 0.406 e. The Hall–Kier alpha value is -2.96. The highest BCUT2D eigenvalue weighted by molar-refractivity contribution is 5.72. The predicted molar refractivity (Wildman–Crippen MR) is 69.2 cm³/mol. The average molecular weight is 271 g/mol. The molecule has 0 fully saturated rings. The van der Waals surface area contributed by atoms with Crippen LogP contribution in [0.2, 0.25) is 0 Å². The number of ether oxygens (including phenoxy) is 1. The van der Waals surface area contributed by atoms with Gasteiger partial charge >= 0.3 is 5.82 Å². The zero-order chi connectivity index (χ0) is 13.9. The zero-order valence-corrected chi connectivity index (χ0v) is 10.2. The molecule has 3 aromatic rings. The lowest BCUT2D eigenvalue weighted by molar-refractivity contribution is -0.390. The van der Waals surface area contributed by atoms with Crippen LogP contribution in [0.1, 0.15) is 5.89 Å². The van der Waals surface area contributed by atoms with Gasteiger partial charge in [-0.1, -0.05) is 12.1 Å². The van der Waals surface area contributed by atoms with Crippen LogP contribution in [0.15, 0.2) is 47.0 Å². The fourth-order valence-corrected chi connectivity index (χ4v) is 1.75. The molecule has 20 heavy (non-hydrogen) atoms. The van der Waals surface area contributed by atoms with Gasteiger partial charge in [-0.15, -0.1) is 0 Å². The Morgan fingerprint density at radius 1 is 1.25 bits per heavy atom. The first kappa shape index (κ1) is 12.1. The van der Waals surface area contributed by atoms with E-state index in [2.05, 4.69) is 9.97 Å². The first-order valence-corrected chi connectivity index (χ1v) is 5.81. The summed E-state index contributed by atoms with van der Waals surface area (Å²) in [5, 5.41) is 10.8. The van der Waals surface area contributed by atoms with Gasteiger partial charge in [-0.3, -0.25) is 0 Å². The summed E-state index contributed by atoms with van der Waals surface area (Å²) in [7, 11) is 0. The summed E-state index contributed by atoms with van der Waals surface area (Å²) in [5.74, 6) is 0.104. The molecule has 2 aromatic heterocycles. The summed E-state index contributed by atoms with van der Waals surface area (Å²) in [5.41, 5.74) is 1.36. The van der Waals surface area contributed by atoms with Gasteiger partial charge in [0, 0.05) is 0 Å². The third kappa shape index (κ3) is 2.28. The van der Waals surface area contributed by atoms with E-state index in [9.17, 15) is 10.1 Å². The molecule has 0 atom stereocenters. The fourth-order valence-electron chi connectivity index (χ4n) is 1.75. The number of fused-ring (bicyclic) bond motifs is 1. The number of nitro groups is 1. The van der Waals surface area contributed by atoms with E-state index in [1.165, 1.54) is 12.3 Å². The van der Waals surface area contributed by atoms with Crippen molar-refractivity contribution in [1.29, 1.82) is 0 Å². The molecule has 0 N–H and O–H groups in total. The van der Waals surface area contributed by atoms with E-state index in [0.717, 1.165) is 0 Å². The number of benzene rings is 1. The van der Waals surface area contributed by atoms with E-state index < -0.39 is 4.92 Å². The van der Waals surface area contributed by atoms with E-state index in [-0.39, 0.29) is 18.2 Å². The number of aromatic nitrogens is 2. The standard InChI is InChI=1S/C13H9N3O4/c17-16(18)13-11(6-3-7-14-13)19-8-12-15-9-4-1-2-5-10(9)20-12/h1-7H,8H2. The van der Waals surface area contributed by atoms with Crippen LogP contribution in [0, 0.1) is 10.1 Å². The van der Waals surface area contributed by atoms with Crippen LogP contribution < -0.4 is 4.74 Å². The highest BCUT2D eigenvalue weighted by atomic mass is 16.6. The largest absolute Gasteiger partial charge is 0.476 e. The Kier molecular flexibility index (Phi) is 3.00. The molecule has 0 aliphatic heterocycles. The van der Waals surface area contributed by atoms with E-state index in [1.54, 1.807) is 12.1 Å². The van der Waals surface area contributed by atoms with Crippen molar-refractivity contribution in [2.45, 2.75) is 6.61 Å². The van der Waals surface area contributed by atoms with Gasteiger partial charge in [0.25, 0.3) is 0 Å². The first-order chi connectivity index (χ1) is 9.74. The van der Waals surface area contributed by atoms with Crippen molar-refractivity contribution in [3.8, 4) is 5.75 Å². The van der Waals surface area contributed by atoms with Crippen LogP contribution >= 0.6 is 0 Å². The van der Waals surface area contributed by atoms with Crippen LogP contribution in [0.4, 0.5) is 5.82 Å². The molecule has 0 saturated heterocycles. The Morgan fingerprint density at radius 3 is 2.90 bits per heavy atom. The van der Waals surface area contributed by atoms with Gasteiger partial charge < -0.3 is 19.3 Å². The van der Waals surface area contributed by atoms with Crippen LogP contribution in [-0.2, 0) is 6.61 Å². The third-order valence-corrected chi connectivity index (χ3v) is 2.61. The monoisotopic (exact) mass is 271 g/mol. The van der Waals surface area contributed by atoms with E-state index >= 15 is 0 Å². The second kappa shape index (κ2) is 4.96. The number of oxazole rings is 1. The van der Waals surface area contributed by atoms with Crippen LogP contribution in [0.3, 0.4) is 0 Å². The lowest BCUT2D eigenvalue weighted by atomic mass is 10.3. The van der Waals surface area contributed by atoms with Crippen LogP contribution in [-0.4, -0.2) is 14.9 Å². The molecule has 1 aromatic carbocycles. The van der Waals surface area contributed by atoms with Crippen molar-refractivity contribution in [2.75, 3.05) is 0 Å². The van der Waals surface area contributed by atoms with Crippen LogP contribution in [0.25, 0.3) is 11.1 Å². The maximum absolute atomic E-state index is 10.8. The van der Waals surface area contributed by atoms with Gasteiger partial charge in [-0.25, -0.2) is 4.98 Å². The van der Waals surface area contributed by atoms with Gasteiger partial charge in [0.1, 0.15) is 11.7 Å². The Bertz CT molecular complexity index is 736. The molecule has 0 radical (unpaired) electrons. The summed E-state index contributed by atoms with van der Waals surface area (Å²) in [6.45, 7) is 0.00120. The summed E-state index contributed by atoms with van der Waals surface area (Å²) in [4.78, 5) is 18.1. The first-order valence-electron chi connectivity index (χ1n) is 5.81. The molecule has 0 bridgehead atoms. The number of rotatable bonds is 4. The molecule has 3 rings (SSSR count). The molecule has 0 spiro atoms. The van der Waals surface area contributed by atoms with E-state index in [4.69, 9.17) is 9.15 Å². The zero-order valence-electron chi connectivity index (χ0n) is 10.2. The second-order valence-corrected chi connectivity index (χ2v) is 3.95. The lowest BCUT2D eigenvalue weighted by Crippen LogP contribution is -2.00. The predicted octanol–water partition coefficient (Wildman–Crippen LogP) is 2.71. The van der Waals surface area contributed by atoms with Crippen molar-refractivity contribution < 1.29 is 14.1 Å². The van der Waals surface area contributed by atoms with Gasteiger partial charge in [-0.05, 0) is 34.2 Å². The highest BCUT2D eigenvalue weighted by Gasteiger charge is 2.16. The minimum atomic E-state index is -0.596. The second-order valence-electron chi connectivity index (χ2n) is 3.95. The van der Waals surface area contributed by atoms with Crippen molar-refractivity contribution in [3.05, 3.63) is 58.6 Å². The fraction of sp³-hybridized carbons (Fsp3) is 0.0769. The number of pyridine rings is 1. The average Bonchev–Trinajstić information content (AvgIpc) is 2.88. The minimum Gasteiger partial charge on any atom is -0.476 e. The number of para-hydroxylation sites is 2. The molecule has 0 aliphatic carbocycles. The Morgan fingerprint density at radius 2 is 2.10 bits per heavy atom. The number of hydrogen-bond acceptors (Lipinski definition) is 6. The van der Waals surface area contributed by atoms with Crippen molar-refractivity contribution in [2.24, 2.45) is 0 Å². The normalized spacial score (nSPS) is 10.6. The van der Waals surface area contributed by atoms with Gasteiger partial charge in [0.15, 0.2) is 12.2 Å². The van der Waals surface area contributed by atoms with Gasteiger partial charge in [0.2, 0.25) is 11.6 Å². The van der Waals surface area contributed by atoms with E-state index in [1.807, 2.05) is 18.2 Å². The Labute approximate surface area is 113 Å². The molecule has 7 heteroatoms. The summed E-state index contributed by atoms with van der Waals surface area (Å²) >= 11 is 0. The summed E-state index contributed by atoms with van der Waals surface area (Å²) in [6, 6.07) is 10.3.